The molecule has 1 fully saturated rings. The number of carbonyl (C=O) groups excluding carboxylic acids is 1. The summed E-state index contributed by atoms with van der Waals surface area (Å²) in [5.41, 5.74) is -1.77. The number of hydrogen-bond donors (Lipinski definition) is 1. The van der Waals surface area contributed by atoms with Gasteiger partial charge in [-0.2, -0.15) is 26.3 Å². The fraction of sp³-hybridized carbons (Fsp3) is 0.391. The molecule has 0 radical (unpaired) electrons. The van der Waals surface area contributed by atoms with E-state index in [-0.39, 0.29) is 31.0 Å². The van der Waals surface area contributed by atoms with Crippen LogP contribution in [0.5, 0.6) is 0 Å². The molecule has 2 aromatic rings. The van der Waals surface area contributed by atoms with Crippen molar-refractivity contribution >= 4 is 11.7 Å². The van der Waals surface area contributed by atoms with Crippen LogP contribution >= 0.6 is 0 Å². The number of piperidine rings is 1. The third kappa shape index (κ3) is 6.04. The fourth-order valence-corrected chi connectivity index (χ4v) is 4.12. The van der Waals surface area contributed by atoms with Gasteiger partial charge in [0.2, 0.25) is 0 Å². The van der Waals surface area contributed by atoms with Gasteiger partial charge in [-0.15, -0.1) is 0 Å². The highest BCUT2D eigenvalue weighted by atomic mass is 19.4. The molecular weight excluding hydrogens is 483 g/mol. The van der Waals surface area contributed by atoms with E-state index in [1.165, 1.54) is 30.1 Å². The Labute approximate surface area is 196 Å². The number of nitrogens with zero attached hydrogens (tertiary/aromatic N) is 3. The zero-order valence-electron chi connectivity index (χ0n) is 18.7. The van der Waals surface area contributed by atoms with Crippen LogP contribution in [0.3, 0.4) is 0 Å². The van der Waals surface area contributed by atoms with Crippen molar-refractivity contribution in [3.05, 3.63) is 70.0 Å². The van der Waals surface area contributed by atoms with Crippen LogP contribution in [-0.4, -0.2) is 40.3 Å². The molecule has 0 aromatic heterocycles. The fourth-order valence-electron chi connectivity index (χ4n) is 4.12. The number of amides is 2. The summed E-state index contributed by atoms with van der Waals surface area (Å²) in [6.07, 6.45) is -9.66. The van der Waals surface area contributed by atoms with E-state index < -0.39 is 47.9 Å². The van der Waals surface area contributed by atoms with E-state index in [9.17, 15) is 40.7 Å². The third-order valence-corrected chi connectivity index (χ3v) is 5.82. The number of oxime groups is 1. The first-order valence-electron chi connectivity index (χ1n) is 10.5. The molecule has 1 atom stereocenters. The quantitative estimate of drug-likeness (QED) is 0.299. The molecule has 5 nitrogen and oxygen atoms in total. The smallest absolute Gasteiger partial charge is 0.411 e. The zero-order chi connectivity index (χ0) is 26.1. The minimum absolute atomic E-state index is 0.0268. The average Bonchev–Trinajstić information content (AvgIpc) is 2.77. The minimum atomic E-state index is -5.00. The predicted octanol–water partition coefficient (Wildman–Crippen LogP) is 6.39. The van der Waals surface area contributed by atoms with Gasteiger partial charge >= 0.3 is 18.4 Å². The lowest BCUT2D eigenvalue weighted by molar-refractivity contribution is -0.143. The summed E-state index contributed by atoms with van der Waals surface area (Å²) in [5.74, 6) is -0.488. The molecule has 0 saturated carbocycles. The maximum absolute atomic E-state index is 13.6. The van der Waals surface area contributed by atoms with Crippen molar-refractivity contribution in [2.75, 3.05) is 13.6 Å². The van der Waals surface area contributed by atoms with Crippen LogP contribution in [0.15, 0.2) is 41.6 Å². The van der Waals surface area contributed by atoms with Crippen molar-refractivity contribution in [2.24, 2.45) is 5.16 Å². The van der Waals surface area contributed by atoms with Gasteiger partial charge in [-0.05, 0) is 53.9 Å². The molecule has 190 valence electrons. The molecule has 2 amide bonds. The summed E-state index contributed by atoms with van der Waals surface area (Å²) >= 11 is 0. The maximum atomic E-state index is 13.6. The SMILES string of the molecule is Cc1cc(F)ccc1[C@H]1C/C(=N\O)CCN1C(=O)N(C)Cc1cc(C(F)(F)F)cc(C(F)(F)F)c1. The summed E-state index contributed by atoms with van der Waals surface area (Å²) < 4.78 is 92.7. The number of urea groups is 1. The number of aryl methyl sites for hydroxylation is 1. The van der Waals surface area contributed by atoms with Crippen molar-refractivity contribution in [3.8, 4) is 0 Å². The summed E-state index contributed by atoms with van der Waals surface area (Å²) in [6, 6.07) is 3.82. The average molecular weight is 505 g/mol. The molecular formula is C23H22F7N3O2. The summed E-state index contributed by atoms with van der Waals surface area (Å²) in [4.78, 5) is 15.7. The predicted molar refractivity (Wildman–Crippen MR) is 112 cm³/mol. The van der Waals surface area contributed by atoms with Gasteiger partial charge in [-0.1, -0.05) is 11.2 Å². The number of halogens is 7. The van der Waals surface area contributed by atoms with Crippen molar-refractivity contribution in [2.45, 2.75) is 44.7 Å². The van der Waals surface area contributed by atoms with E-state index in [2.05, 4.69) is 5.16 Å². The van der Waals surface area contributed by atoms with Gasteiger partial charge in [-0.25, -0.2) is 9.18 Å². The van der Waals surface area contributed by atoms with Gasteiger partial charge in [0.25, 0.3) is 0 Å². The lowest BCUT2D eigenvalue weighted by Gasteiger charge is -2.39. The minimum Gasteiger partial charge on any atom is -0.411 e. The molecule has 0 bridgehead atoms. The van der Waals surface area contributed by atoms with Gasteiger partial charge in [0.15, 0.2) is 0 Å². The van der Waals surface area contributed by atoms with E-state index in [1.807, 2.05) is 0 Å². The Balaban J connectivity index is 1.91. The van der Waals surface area contributed by atoms with Gasteiger partial charge < -0.3 is 15.0 Å². The Morgan fingerprint density at radius 1 is 1.09 bits per heavy atom. The molecule has 1 saturated heterocycles. The van der Waals surface area contributed by atoms with Crippen LogP contribution in [-0.2, 0) is 18.9 Å². The second-order valence-corrected chi connectivity index (χ2v) is 8.38. The monoisotopic (exact) mass is 505 g/mol. The Kier molecular flexibility index (Phi) is 7.32. The van der Waals surface area contributed by atoms with E-state index >= 15 is 0 Å². The number of carbonyl (C=O) groups is 1. The molecule has 0 unspecified atom stereocenters. The first-order valence-corrected chi connectivity index (χ1v) is 10.5. The molecule has 2 aromatic carbocycles. The van der Waals surface area contributed by atoms with Crippen LogP contribution in [0.4, 0.5) is 35.5 Å². The molecule has 0 spiro atoms. The van der Waals surface area contributed by atoms with Crippen molar-refractivity contribution in [3.63, 3.8) is 0 Å². The third-order valence-electron chi connectivity index (χ3n) is 5.82. The Morgan fingerprint density at radius 3 is 2.20 bits per heavy atom. The Morgan fingerprint density at radius 2 is 1.69 bits per heavy atom. The first-order chi connectivity index (χ1) is 16.2. The highest BCUT2D eigenvalue weighted by molar-refractivity contribution is 5.88. The van der Waals surface area contributed by atoms with Crippen LogP contribution in [0.25, 0.3) is 0 Å². The Bertz CT molecular complexity index is 1100. The van der Waals surface area contributed by atoms with Crippen molar-refractivity contribution < 1.29 is 40.7 Å². The van der Waals surface area contributed by atoms with Crippen LogP contribution in [0, 0.1) is 12.7 Å². The number of likely N-dealkylation sites (tertiary alicyclic amines) is 1. The second kappa shape index (κ2) is 9.74. The lowest BCUT2D eigenvalue weighted by atomic mass is 9.91. The number of rotatable bonds is 3. The summed E-state index contributed by atoms with van der Waals surface area (Å²) in [5, 5.41) is 12.4. The number of alkyl halides is 6. The van der Waals surface area contributed by atoms with Gasteiger partial charge in [0.05, 0.1) is 22.9 Å². The van der Waals surface area contributed by atoms with Crippen LogP contribution in [0.1, 0.15) is 46.7 Å². The molecule has 1 aliphatic heterocycles. The van der Waals surface area contributed by atoms with Crippen molar-refractivity contribution in [1.82, 2.24) is 9.80 Å². The molecule has 0 aliphatic carbocycles. The van der Waals surface area contributed by atoms with Crippen LogP contribution < -0.4 is 0 Å². The highest BCUT2D eigenvalue weighted by Crippen LogP contribution is 2.37. The molecule has 35 heavy (non-hydrogen) atoms. The van der Waals surface area contributed by atoms with Gasteiger partial charge in [-0.3, -0.25) is 0 Å². The van der Waals surface area contributed by atoms with Crippen molar-refractivity contribution in [1.29, 1.82) is 0 Å². The molecule has 1 heterocycles. The topological polar surface area (TPSA) is 56.1 Å². The largest absolute Gasteiger partial charge is 0.416 e. The van der Waals surface area contributed by atoms with E-state index in [1.54, 1.807) is 6.92 Å². The van der Waals surface area contributed by atoms with Crippen LogP contribution in [0.2, 0.25) is 0 Å². The van der Waals surface area contributed by atoms with E-state index in [0.717, 1.165) is 4.90 Å². The summed E-state index contributed by atoms with van der Waals surface area (Å²) in [7, 11) is 1.26. The second-order valence-electron chi connectivity index (χ2n) is 8.38. The first kappa shape index (κ1) is 26.3. The highest BCUT2D eigenvalue weighted by Gasteiger charge is 2.38. The molecule has 12 heteroatoms. The van der Waals surface area contributed by atoms with E-state index in [4.69, 9.17) is 0 Å². The van der Waals surface area contributed by atoms with E-state index in [0.29, 0.717) is 29.0 Å². The Hall–Kier alpha value is -3.31. The summed E-state index contributed by atoms with van der Waals surface area (Å²) in [6.45, 7) is 1.20. The lowest BCUT2D eigenvalue weighted by Crippen LogP contribution is -2.47. The van der Waals surface area contributed by atoms with Gasteiger partial charge in [0.1, 0.15) is 5.82 Å². The van der Waals surface area contributed by atoms with Gasteiger partial charge in [0, 0.05) is 33.0 Å². The normalized spacial score (nSPS) is 18.1. The molecule has 3 rings (SSSR count). The molecule has 1 N–H and O–H groups in total. The zero-order valence-corrected chi connectivity index (χ0v) is 18.7. The standard InChI is InChI=1S/C23H22F7N3O2/c1-13-7-17(24)3-4-19(13)20-11-18(31-35)5-6-33(20)21(34)32(2)12-14-8-15(22(25,26)27)10-16(9-14)23(28,29)30/h3-4,7-10,20,35H,5-6,11-12H2,1-2H3/b31-18-/t20-/m1/s1. The number of benzene rings is 2. The molecule has 1 aliphatic rings. The number of hydrogen-bond acceptors (Lipinski definition) is 3. The maximum Gasteiger partial charge on any atom is 0.416 e.